The lowest BCUT2D eigenvalue weighted by molar-refractivity contribution is -0.201. The van der Waals surface area contributed by atoms with Crippen LogP contribution in [0.25, 0.3) is 0 Å². The van der Waals surface area contributed by atoms with Crippen molar-refractivity contribution in [2.75, 3.05) is 6.61 Å². The smallest absolute Gasteiger partial charge is 0.338 e. The maximum atomic E-state index is 12.2. The Balaban J connectivity index is 1.58. The van der Waals surface area contributed by atoms with Crippen LogP contribution in [0.15, 0.2) is 0 Å². The molecule has 4 aliphatic rings. The Morgan fingerprint density at radius 2 is 1.32 bits per heavy atom. The van der Waals surface area contributed by atoms with E-state index in [1.54, 1.807) is 13.8 Å². The highest BCUT2D eigenvalue weighted by Crippen LogP contribution is 2.43. The van der Waals surface area contributed by atoms with Gasteiger partial charge in [-0.15, -0.1) is 0 Å². The first-order chi connectivity index (χ1) is 11.5. The molecule has 4 aliphatic heterocycles. The average molecular weight is 358 g/mol. The molecule has 4 rings (SSSR count). The van der Waals surface area contributed by atoms with Crippen molar-refractivity contribution >= 4 is 5.97 Å². The van der Waals surface area contributed by atoms with E-state index in [0.29, 0.717) is 6.61 Å². The van der Waals surface area contributed by atoms with Crippen molar-refractivity contribution < 1.29 is 38.0 Å². The Bertz CT molecular complexity index is 571. The zero-order valence-electron chi connectivity index (χ0n) is 15.4. The number of fused-ring (bicyclic) bond motifs is 1. The fourth-order valence-corrected chi connectivity index (χ4v) is 3.97. The summed E-state index contributed by atoms with van der Waals surface area (Å²) in [4.78, 5) is 12.2. The number of hydrogen-bond donors (Lipinski definition) is 0. The molecule has 8 heteroatoms. The lowest BCUT2D eigenvalue weighted by Gasteiger charge is -2.29. The van der Waals surface area contributed by atoms with Gasteiger partial charge in [0.15, 0.2) is 29.6 Å². The summed E-state index contributed by atoms with van der Waals surface area (Å²) in [6.45, 7) is 11.3. The van der Waals surface area contributed by atoms with Gasteiger partial charge in [-0.25, -0.2) is 4.79 Å². The summed E-state index contributed by atoms with van der Waals surface area (Å²) >= 11 is 0. The second-order valence-corrected chi connectivity index (χ2v) is 8.35. The lowest BCUT2D eigenvalue weighted by atomic mass is 9.98. The molecule has 0 radical (unpaired) electrons. The molecule has 0 aromatic rings. The van der Waals surface area contributed by atoms with Crippen molar-refractivity contribution in [1.29, 1.82) is 0 Å². The van der Waals surface area contributed by atoms with Crippen molar-refractivity contribution in [1.82, 2.24) is 0 Å². The van der Waals surface area contributed by atoms with Gasteiger partial charge in [0, 0.05) is 0 Å². The summed E-state index contributed by atoms with van der Waals surface area (Å²) < 4.78 is 40.9. The molecule has 0 N–H and O–H groups in total. The fourth-order valence-electron chi connectivity index (χ4n) is 3.97. The largest absolute Gasteiger partial charge is 0.455 e. The van der Waals surface area contributed by atoms with Crippen molar-refractivity contribution in [2.24, 2.45) is 0 Å². The van der Waals surface area contributed by atoms with Gasteiger partial charge in [0.05, 0.1) is 6.61 Å². The first kappa shape index (κ1) is 17.6. The molecule has 0 bridgehead atoms. The summed E-state index contributed by atoms with van der Waals surface area (Å²) in [5.74, 6) is -2.79. The predicted molar refractivity (Wildman–Crippen MR) is 82.4 cm³/mol. The number of cyclic esters (lactones) is 1. The van der Waals surface area contributed by atoms with Crippen LogP contribution in [0.2, 0.25) is 0 Å². The highest BCUT2D eigenvalue weighted by atomic mass is 16.8. The standard InChI is InChI=1S/C17H26O8/c1-15(2)19-7-8(21-15)9-11(23-16(3,4)22-9)10-12-13(14(18)20-10)25-17(5,6)24-12/h8-13H,7H2,1-6H3/t8-,9+,10-,11+,12-,13-/m1/s1. The third-order valence-corrected chi connectivity index (χ3v) is 4.82. The quantitative estimate of drug-likeness (QED) is 0.679. The van der Waals surface area contributed by atoms with Gasteiger partial charge in [-0.3, -0.25) is 0 Å². The molecule has 4 fully saturated rings. The topological polar surface area (TPSA) is 81.7 Å². The van der Waals surface area contributed by atoms with Gasteiger partial charge in [-0.05, 0) is 41.5 Å². The second-order valence-electron chi connectivity index (χ2n) is 8.35. The summed E-state index contributed by atoms with van der Waals surface area (Å²) in [6.07, 6.45) is -3.21. The minimum atomic E-state index is -0.841. The summed E-state index contributed by atoms with van der Waals surface area (Å²) in [5, 5.41) is 0. The summed E-state index contributed by atoms with van der Waals surface area (Å²) in [7, 11) is 0. The van der Waals surface area contributed by atoms with Crippen LogP contribution in [0, 0.1) is 0 Å². The molecule has 142 valence electrons. The van der Waals surface area contributed by atoms with Crippen LogP contribution in [0.5, 0.6) is 0 Å². The van der Waals surface area contributed by atoms with E-state index in [1.807, 2.05) is 27.7 Å². The van der Waals surface area contributed by atoms with Crippen LogP contribution >= 0.6 is 0 Å². The van der Waals surface area contributed by atoms with Crippen LogP contribution in [0.1, 0.15) is 41.5 Å². The summed E-state index contributed by atoms with van der Waals surface area (Å²) in [5.41, 5.74) is 0. The van der Waals surface area contributed by atoms with Crippen LogP contribution in [0.3, 0.4) is 0 Å². The zero-order chi connectivity index (χ0) is 18.2. The molecule has 0 aromatic carbocycles. The third kappa shape index (κ3) is 3.09. The average Bonchev–Trinajstić information content (AvgIpc) is 3.14. The first-order valence-electron chi connectivity index (χ1n) is 8.70. The maximum absolute atomic E-state index is 12.2. The van der Waals surface area contributed by atoms with Gasteiger partial charge in [0.2, 0.25) is 0 Å². The number of rotatable bonds is 2. The van der Waals surface area contributed by atoms with Crippen molar-refractivity contribution in [2.45, 2.75) is 95.5 Å². The Hall–Kier alpha value is -0.770. The molecule has 0 saturated carbocycles. The van der Waals surface area contributed by atoms with Crippen LogP contribution in [-0.4, -0.2) is 66.6 Å². The van der Waals surface area contributed by atoms with E-state index in [4.69, 9.17) is 33.2 Å². The van der Waals surface area contributed by atoms with Gasteiger partial charge in [-0.1, -0.05) is 0 Å². The van der Waals surface area contributed by atoms with E-state index < -0.39 is 53.9 Å². The normalized spacial score (nSPS) is 47.0. The van der Waals surface area contributed by atoms with E-state index in [0.717, 1.165) is 0 Å². The number of carbonyl (C=O) groups excluding carboxylic acids is 1. The second kappa shape index (κ2) is 5.37. The first-order valence-corrected chi connectivity index (χ1v) is 8.70. The Morgan fingerprint density at radius 1 is 0.720 bits per heavy atom. The molecular weight excluding hydrogens is 332 g/mol. The van der Waals surface area contributed by atoms with E-state index in [2.05, 4.69) is 0 Å². The van der Waals surface area contributed by atoms with Gasteiger partial charge in [0.1, 0.15) is 24.4 Å². The molecule has 0 spiro atoms. The fraction of sp³-hybridized carbons (Fsp3) is 0.941. The van der Waals surface area contributed by atoms with Crippen molar-refractivity contribution in [3.63, 3.8) is 0 Å². The lowest BCUT2D eigenvalue weighted by Crippen LogP contribution is -2.48. The Labute approximate surface area is 147 Å². The van der Waals surface area contributed by atoms with Gasteiger partial charge in [-0.2, -0.15) is 0 Å². The molecule has 8 nitrogen and oxygen atoms in total. The van der Waals surface area contributed by atoms with Gasteiger partial charge < -0.3 is 33.2 Å². The van der Waals surface area contributed by atoms with E-state index in [1.165, 1.54) is 0 Å². The SMILES string of the molecule is CC1(C)O[C@H]([C@H]2OC(=O)[C@@H]3OC(C)(C)O[C@H]23)[C@H]([C@H]2COC(C)(C)O2)O1. The minimum absolute atomic E-state index is 0.324. The highest BCUT2D eigenvalue weighted by Gasteiger charge is 2.63. The van der Waals surface area contributed by atoms with E-state index >= 15 is 0 Å². The molecule has 6 atom stereocenters. The molecule has 0 aliphatic carbocycles. The predicted octanol–water partition coefficient (Wildman–Crippen LogP) is 1.10. The van der Waals surface area contributed by atoms with Crippen molar-refractivity contribution in [3.05, 3.63) is 0 Å². The third-order valence-electron chi connectivity index (χ3n) is 4.82. The maximum Gasteiger partial charge on any atom is 0.338 e. The molecule has 25 heavy (non-hydrogen) atoms. The number of ether oxygens (including phenoxy) is 7. The van der Waals surface area contributed by atoms with Crippen LogP contribution in [-0.2, 0) is 38.0 Å². The highest BCUT2D eigenvalue weighted by molar-refractivity contribution is 5.78. The number of carbonyl (C=O) groups is 1. The molecule has 0 amide bonds. The Morgan fingerprint density at radius 3 is 1.96 bits per heavy atom. The van der Waals surface area contributed by atoms with E-state index in [-0.39, 0.29) is 6.10 Å². The molecule has 0 aromatic heterocycles. The minimum Gasteiger partial charge on any atom is -0.455 e. The van der Waals surface area contributed by atoms with E-state index in [9.17, 15) is 4.79 Å². The number of hydrogen-bond acceptors (Lipinski definition) is 8. The van der Waals surface area contributed by atoms with Crippen LogP contribution < -0.4 is 0 Å². The van der Waals surface area contributed by atoms with Crippen LogP contribution in [0.4, 0.5) is 0 Å². The molecule has 4 saturated heterocycles. The molecule has 4 heterocycles. The molecular formula is C17H26O8. The number of esters is 1. The monoisotopic (exact) mass is 358 g/mol. The van der Waals surface area contributed by atoms with Gasteiger partial charge >= 0.3 is 5.97 Å². The van der Waals surface area contributed by atoms with Gasteiger partial charge in [0.25, 0.3) is 0 Å². The summed E-state index contributed by atoms with van der Waals surface area (Å²) in [6, 6.07) is 0. The zero-order valence-corrected chi connectivity index (χ0v) is 15.4. The molecule has 0 unspecified atom stereocenters. The van der Waals surface area contributed by atoms with Crippen molar-refractivity contribution in [3.8, 4) is 0 Å². The Kier molecular flexibility index (Phi) is 3.79.